The lowest BCUT2D eigenvalue weighted by molar-refractivity contribution is -0.139. The fraction of sp³-hybridized carbons (Fsp3) is 0.440. The van der Waals surface area contributed by atoms with E-state index in [0.29, 0.717) is 39.3 Å². The van der Waals surface area contributed by atoms with Crippen LogP contribution in [-0.2, 0) is 27.4 Å². The van der Waals surface area contributed by atoms with Crippen LogP contribution >= 0.6 is 0 Å². The van der Waals surface area contributed by atoms with Crippen LogP contribution < -0.4 is 9.47 Å². The summed E-state index contributed by atoms with van der Waals surface area (Å²) in [6, 6.07) is 15.5. The molecule has 0 aromatic heterocycles. The Morgan fingerprint density at radius 3 is 2.61 bits per heavy atom. The number of para-hydroxylation sites is 1. The fourth-order valence-corrected chi connectivity index (χ4v) is 4.23. The minimum atomic E-state index is -0.244. The van der Waals surface area contributed by atoms with E-state index in [1.807, 2.05) is 48.5 Å². The Morgan fingerprint density at radius 2 is 1.85 bits per heavy atom. The van der Waals surface area contributed by atoms with Gasteiger partial charge in [0.05, 0.1) is 26.3 Å². The topological polar surface area (TPSA) is 71.6 Å². The number of carbonyl (C=O) groups excluding carboxylic acids is 2. The van der Waals surface area contributed by atoms with Crippen molar-refractivity contribution in [3.05, 3.63) is 59.7 Å². The lowest BCUT2D eigenvalue weighted by atomic mass is 10.2. The molecule has 0 bridgehead atoms. The van der Waals surface area contributed by atoms with Crippen molar-refractivity contribution < 1.29 is 23.8 Å². The number of carbonyl (C=O) groups is 2. The first-order valence-corrected chi connectivity index (χ1v) is 11.2. The first kappa shape index (κ1) is 23.1. The van der Waals surface area contributed by atoms with Gasteiger partial charge in [-0.3, -0.25) is 14.5 Å². The van der Waals surface area contributed by atoms with Crippen molar-refractivity contribution in [2.75, 3.05) is 53.6 Å². The van der Waals surface area contributed by atoms with Crippen molar-refractivity contribution in [2.45, 2.75) is 19.2 Å². The van der Waals surface area contributed by atoms with Crippen molar-refractivity contribution in [3.8, 4) is 11.5 Å². The average Bonchev–Trinajstić information content (AvgIpc) is 3.13. The number of benzene rings is 2. The van der Waals surface area contributed by atoms with Crippen LogP contribution in [0.1, 0.15) is 11.1 Å². The summed E-state index contributed by atoms with van der Waals surface area (Å²) in [4.78, 5) is 31.7. The van der Waals surface area contributed by atoms with Gasteiger partial charge >= 0.3 is 0 Å². The summed E-state index contributed by atoms with van der Waals surface area (Å²) in [6.45, 7) is 3.40. The molecular weight excluding hydrogens is 422 g/mol. The molecular formula is C25H31N3O5. The molecule has 1 atom stereocenters. The lowest BCUT2D eigenvalue weighted by Gasteiger charge is -2.26. The molecule has 0 spiro atoms. The standard InChI is InChI=1S/C25H31N3O5/c1-31-21-9-7-19(8-10-21)13-27-15-22(32-2)16-28(18-25(27)30)24(29)17-26-11-12-33-23-6-4-3-5-20(23)14-26/h3-10,22H,11-18H2,1-2H3. The van der Waals surface area contributed by atoms with E-state index >= 15 is 0 Å². The zero-order valence-electron chi connectivity index (χ0n) is 19.2. The van der Waals surface area contributed by atoms with Gasteiger partial charge < -0.3 is 24.0 Å². The van der Waals surface area contributed by atoms with E-state index in [4.69, 9.17) is 14.2 Å². The summed E-state index contributed by atoms with van der Waals surface area (Å²) < 4.78 is 16.6. The predicted octanol–water partition coefficient (Wildman–Crippen LogP) is 1.78. The van der Waals surface area contributed by atoms with E-state index in [2.05, 4.69) is 4.90 Å². The van der Waals surface area contributed by atoms with Crippen molar-refractivity contribution in [2.24, 2.45) is 0 Å². The third kappa shape index (κ3) is 5.83. The number of amides is 2. The smallest absolute Gasteiger partial charge is 0.242 e. The van der Waals surface area contributed by atoms with Gasteiger partial charge in [-0.15, -0.1) is 0 Å². The average molecular weight is 454 g/mol. The highest BCUT2D eigenvalue weighted by Crippen LogP contribution is 2.22. The molecule has 0 radical (unpaired) electrons. The molecule has 1 fully saturated rings. The highest BCUT2D eigenvalue weighted by atomic mass is 16.5. The second-order valence-corrected chi connectivity index (χ2v) is 8.42. The van der Waals surface area contributed by atoms with Gasteiger partial charge in [-0.25, -0.2) is 0 Å². The second kappa shape index (κ2) is 10.7. The van der Waals surface area contributed by atoms with Gasteiger partial charge in [0.25, 0.3) is 0 Å². The van der Waals surface area contributed by atoms with Gasteiger partial charge in [-0.2, -0.15) is 0 Å². The summed E-state index contributed by atoms with van der Waals surface area (Å²) >= 11 is 0. The van der Waals surface area contributed by atoms with Crippen LogP contribution in [0.2, 0.25) is 0 Å². The molecule has 8 nitrogen and oxygen atoms in total. The Balaban J connectivity index is 1.40. The van der Waals surface area contributed by atoms with Crippen LogP contribution in [0, 0.1) is 0 Å². The third-order valence-electron chi connectivity index (χ3n) is 6.14. The van der Waals surface area contributed by atoms with Crippen molar-refractivity contribution >= 4 is 11.8 Å². The number of hydrogen-bond donors (Lipinski definition) is 0. The van der Waals surface area contributed by atoms with Crippen molar-refractivity contribution in [1.29, 1.82) is 0 Å². The number of hydrogen-bond acceptors (Lipinski definition) is 6. The molecule has 2 aliphatic heterocycles. The maximum Gasteiger partial charge on any atom is 0.242 e. The summed E-state index contributed by atoms with van der Waals surface area (Å²) in [5, 5.41) is 0. The Bertz CT molecular complexity index is 965. The SMILES string of the molecule is COc1ccc(CN2CC(OC)CN(C(=O)CN3CCOc4ccccc4C3)CC2=O)cc1. The molecule has 33 heavy (non-hydrogen) atoms. The van der Waals surface area contributed by atoms with Crippen LogP contribution in [-0.4, -0.2) is 86.2 Å². The molecule has 2 aliphatic rings. The highest BCUT2D eigenvalue weighted by Gasteiger charge is 2.31. The Kier molecular flexibility index (Phi) is 7.47. The van der Waals surface area contributed by atoms with Crippen LogP contribution in [0.3, 0.4) is 0 Å². The minimum Gasteiger partial charge on any atom is -0.497 e. The molecule has 1 unspecified atom stereocenters. The van der Waals surface area contributed by atoms with E-state index < -0.39 is 0 Å². The number of nitrogens with zero attached hydrogens (tertiary/aromatic N) is 3. The quantitative estimate of drug-likeness (QED) is 0.664. The maximum absolute atomic E-state index is 13.2. The zero-order valence-corrected chi connectivity index (χ0v) is 19.2. The predicted molar refractivity (Wildman–Crippen MR) is 123 cm³/mol. The summed E-state index contributed by atoms with van der Waals surface area (Å²) in [5.74, 6) is 1.49. The summed E-state index contributed by atoms with van der Waals surface area (Å²) in [7, 11) is 3.25. The van der Waals surface area contributed by atoms with Gasteiger partial charge in [0.1, 0.15) is 18.1 Å². The van der Waals surface area contributed by atoms with Gasteiger partial charge in [0.2, 0.25) is 11.8 Å². The van der Waals surface area contributed by atoms with E-state index in [1.54, 1.807) is 24.0 Å². The van der Waals surface area contributed by atoms with Crippen LogP contribution in [0.5, 0.6) is 11.5 Å². The van der Waals surface area contributed by atoms with E-state index in [0.717, 1.165) is 22.6 Å². The summed E-state index contributed by atoms with van der Waals surface area (Å²) in [5.41, 5.74) is 2.07. The third-order valence-corrected chi connectivity index (χ3v) is 6.14. The number of ether oxygens (including phenoxy) is 3. The van der Waals surface area contributed by atoms with Gasteiger partial charge in [0, 0.05) is 45.4 Å². The fourth-order valence-electron chi connectivity index (χ4n) is 4.23. The monoisotopic (exact) mass is 453 g/mol. The largest absolute Gasteiger partial charge is 0.497 e. The molecule has 2 heterocycles. The number of fused-ring (bicyclic) bond motifs is 1. The molecule has 0 N–H and O–H groups in total. The first-order valence-electron chi connectivity index (χ1n) is 11.2. The number of methoxy groups -OCH3 is 2. The molecule has 0 aliphatic carbocycles. The minimum absolute atomic E-state index is 0.0514. The Labute approximate surface area is 194 Å². The van der Waals surface area contributed by atoms with E-state index in [1.165, 1.54) is 0 Å². The molecule has 0 saturated carbocycles. The molecule has 2 aromatic carbocycles. The van der Waals surface area contributed by atoms with E-state index in [-0.39, 0.29) is 31.0 Å². The molecule has 8 heteroatoms. The molecule has 4 rings (SSSR count). The maximum atomic E-state index is 13.2. The van der Waals surface area contributed by atoms with Crippen molar-refractivity contribution in [1.82, 2.24) is 14.7 Å². The van der Waals surface area contributed by atoms with Gasteiger partial charge in [0.15, 0.2) is 0 Å². The second-order valence-electron chi connectivity index (χ2n) is 8.42. The first-order chi connectivity index (χ1) is 16.1. The molecule has 176 valence electrons. The summed E-state index contributed by atoms with van der Waals surface area (Å²) in [6.07, 6.45) is -0.244. The zero-order chi connectivity index (χ0) is 23.2. The molecule has 2 amide bonds. The Hall–Kier alpha value is -3.10. The van der Waals surface area contributed by atoms with Crippen molar-refractivity contribution in [3.63, 3.8) is 0 Å². The lowest BCUT2D eigenvalue weighted by Crippen LogP contribution is -2.45. The van der Waals surface area contributed by atoms with Gasteiger partial charge in [-0.1, -0.05) is 30.3 Å². The van der Waals surface area contributed by atoms with Crippen LogP contribution in [0.15, 0.2) is 48.5 Å². The normalized spacial score (nSPS) is 19.3. The van der Waals surface area contributed by atoms with Crippen LogP contribution in [0.4, 0.5) is 0 Å². The van der Waals surface area contributed by atoms with Gasteiger partial charge in [-0.05, 0) is 23.8 Å². The number of rotatable bonds is 6. The molecule has 1 saturated heterocycles. The molecule has 2 aromatic rings. The highest BCUT2D eigenvalue weighted by molar-refractivity contribution is 5.86. The Morgan fingerprint density at radius 1 is 1.06 bits per heavy atom. The van der Waals surface area contributed by atoms with E-state index in [9.17, 15) is 9.59 Å². The van der Waals surface area contributed by atoms with Crippen LogP contribution in [0.25, 0.3) is 0 Å².